The van der Waals surface area contributed by atoms with Crippen LogP contribution in [0.15, 0.2) is 54.6 Å². The predicted molar refractivity (Wildman–Crippen MR) is 82.6 cm³/mol. The van der Waals surface area contributed by atoms with Gasteiger partial charge in [0, 0.05) is 0 Å². The van der Waals surface area contributed by atoms with Crippen molar-refractivity contribution < 1.29 is 4.57 Å². The number of benzene rings is 2. The van der Waals surface area contributed by atoms with Crippen LogP contribution in [0.3, 0.4) is 0 Å². The minimum atomic E-state index is 0.644. The van der Waals surface area contributed by atoms with Crippen molar-refractivity contribution in [1.29, 1.82) is 0 Å². The van der Waals surface area contributed by atoms with E-state index >= 15 is 0 Å². The first kappa shape index (κ1) is 12.9. The van der Waals surface area contributed by atoms with Crippen LogP contribution in [0.1, 0.15) is 25.2 Å². The summed E-state index contributed by atoms with van der Waals surface area (Å²) in [4.78, 5) is 3.58. The minimum Gasteiger partial charge on any atom is -0.241 e. The van der Waals surface area contributed by atoms with Gasteiger partial charge in [0.05, 0.1) is 6.42 Å². The van der Waals surface area contributed by atoms with Gasteiger partial charge in [0.15, 0.2) is 11.0 Å². The average Bonchev–Trinajstić information content (AvgIpc) is 2.77. The molecular weight excluding hydrogens is 244 g/mol. The Labute approximate surface area is 120 Å². The number of imidazole rings is 1. The Morgan fingerprint density at radius 1 is 0.950 bits per heavy atom. The molecule has 1 heterocycles. The molecule has 0 aliphatic heterocycles. The number of hydrogen-bond donors (Lipinski definition) is 1. The third kappa shape index (κ3) is 2.60. The van der Waals surface area contributed by atoms with E-state index < -0.39 is 0 Å². The number of nitrogens with one attached hydrogen (secondary N) is 1. The minimum absolute atomic E-state index is 0.644. The summed E-state index contributed by atoms with van der Waals surface area (Å²) in [7, 11) is 0. The van der Waals surface area contributed by atoms with Gasteiger partial charge in [0.2, 0.25) is 0 Å². The lowest BCUT2D eigenvalue weighted by Crippen LogP contribution is -2.38. The summed E-state index contributed by atoms with van der Waals surface area (Å²) >= 11 is 0. The van der Waals surface area contributed by atoms with Crippen molar-refractivity contribution in [2.75, 3.05) is 0 Å². The monoisotopic (exact) mass is 265 g/mol. The fraction of sp³-hybridized carbons (Fsp3) is 0.278. The van der Waals surface area contributed by atoms with E-state index in [0.717, 1.165) is 13.0 Å². The van der Waals surface area contributed by atoms with E-state index in [-0.39, 0.29) is 0 Å². The second kappa shape index (κ2) is 5.49. The lowest BCUT2D eigenvalue weighted by molar-refractivity contribution is -0.670. The van der Waals surface area contributed by atoms with E-state index in [1.807, 2.05) is 0 Å². The van der Waals surface area contributed by atoms with Crippen LogP contribution < -0.4 is 4.57 Å². The van der Waals surface area contributed by atoms with E-state index in [2.05, 4.69) is 78.0 Å². The highest BCUT2D eigenvalue weighted by atomic mass is 15.1. The van der Waals surface area contributed by atoms with Crippen LogP contribution in [0, 0.1) is 5.92 Å². The van der Waals surface area contributed by atoms with Crippen LogP contribution in [0.25, 0.3) is 11.0 Å². The first-order valence-electron chi connectivity index (χ1n) is 7.27. The first-order valence-corrected chi connectivity index (χ1v) is 7.27. The van der Waals surface area contributed by atoms with Gasteiger partial charge in [-0.25, -0.2) is 9.55 Å². The first-order chi connectivity index (χ1) is 9.74. The maximum Gasteiger partial charge on any atom is 0.255 e. The largest absolute Gasteiger partial charge is 0.255 e. The molecule has 1 N–H and O–H groups in total. The number of aromatic amines is 1. The molecule has 0 saturated heterocycles. The molecule has 0 amide bonds. The van der Waals surface area contributed by atoms with Crippen molar-refractivity contribution >= 4 is 11.0 Å². The molecule has 1 aromatic heterocycles. The van der Waals surface area contributed by atoms with Gasteiger partial charge in [0.25, 0.3) is 5.82 Å². The van der Waals surface area contributed by atoms with Gasteiger partial charge in [-0.2, -0.15) is 0 Å². The van der Waals surface area contributed by atoms with E-state index in [0.29, 0.717) is 5.92 Å². The smallest absolute Gasteiger partial charge is 0.241 e. The number of nitrogens with zero attached hydrogens (tertiary/aromatic N) is 1. The standard InChI is InChI=1S/C18H20N2/c1-14(2)12-18-19-16-10-6-7-11-17(16)20(18)13-15-8-4-3-5-9-15/h3-11,14H,12-13H2,1-2H3/p+1. The van der Waals surface area contributed by atoms with E-state index in [1.165, 1.54) is 22.4 Å². The number of hydrogen-bond acceptors (Lipinski definition) is 0. The molecule has 2 nitrogen and oxygen atoms in total. The molecule has 0 aliphatic rings. The maximum absolute atomic E-state index is 3.58. The Hall–Kier alpha value is -2.09. The van der Waals surface area contributed by atoms with Crippen LogP contribution in [-0.2, 0) is 13.0 Å². The highest BCUT2D eigenvalue weighted by molar-refractivity contribution is 5.71. The molecule has 0 fully saturated rings. The Balaban J connectivity index is 2.06. The van der Waals surface area contributed by atoms with Crippen molar-refractivity contribution in [1.82, 2.24) is 4.98 Å². The van der Waals surface area contributed by atoms with Crippen LogP contribution in [0.4, 0.5) is 0 Å². The zero-order chi connectivity index (χ0) is 13.9. The Kier molecular flexibility index (Phi) is 3.55. The summed E-state index contributed by atoms with van der Waals surface area (Å²) in [5.41, 5.74) is 3.85. The van der Waals surface area contributed by atoms with E-state index in [4.69, 9.17) is 0 Å². The molecule has 20 heavy (non-hydrogen) atoms. The van der Waals surface area contributed by atoms with Crippen LogP contribution in [-0.4, -0.2) is 4.98 Å². The average molecular weight is 265 g/mol. The molecule has 3 aromatic rings. The number of H-pyrrole nitrogens is 1. The van der Waals surface area contributed by atoms with Gasteiger partial charge < -0.3 is 0 Å². The van der Waals surface area contributed by atoms with Crippen LogP contribution >= 0.6 is 0 Å². The van der Waals surface area contributed by atoms with Gasteiger partial charge in [-0.15, -0.1) is 0 Å². The summed E-state index contributed by atoms with van der Waals surface area (Å²) in [6.07, 6.45) is 1.07. The molecule has 0 spiro atoms. The summed E-state index contributed by atoms with van der Waals surface area (Å²) in [5.74, 6) is 1.95. The third-order valence-corrected chi connectivity index (χ3v) is 3.58. The number of para-hydroxylation sites is 2. The molecule has 2 aromatic carbocycles. The predicted octanol–water partition coefficient (Wildman–Crippen LogP) is 3.70. The van der Waals surface area contributed by atoms with Crippen LogP contribution in [0.5, 0.6) is 0 Å². The Morgan fingerprint density at radius 3 is 2.40 bits per heavy atom. The molecule has 0 bridgehead atoms. The maximum atomic E-state index is 3.58. The Bertz CT molecular complexity index is 696. The van der Waals surface area contributed by atoms with E-state index in [9.17, 15) is 0 Å². The topological polar surface area (TPSA) is 19.7 Å². The summed E-state index contributed by atoms with van der Waals surface area (Å²) in [5, 5.41) is 0. The van der Waals surface area contributed by atoms with Crippen molar-refractivity contribution in [3.63, 3.8) is 0 Å². The van der Waals surface area contributed by atoms with Gasteiger partial charge in [-0.05, 0) is 23.6 Å². The fourth-order valence-corrected chi connectivity index (χ4v) is 2.68. The molecule has 0 unspecified atom stereocenters. The summed E-state index contributed by atoms with van der Waals surface area (Å²) in [6.45, 7) is 5.45. The number of aromatic nitrogens is 2. The highest BCUT2D eigenvalue weighted by Crippen LogP contribution is 2.13. The molecule has 0 saturated carbocycles. The number of fused-ring (bicyclic) bond motifs is 1. The lowest BCUT2D eigenvalue weighted by Gasteiger charge is -2.04. The second-order valence-corrected chi connectivity index (χ2v) is 5.76. The fourth-order valence-electron chi connectivity index (χ4n) is 2.68. The van der Waals surface area contributed by atoms with Gasteiger partial charge in [-0.3, -0.25) is 0 Å². The number of rotatable bonds is 4. The van der Waals surface area contributed by atoms with Gasteiger partial charge in [0.1, 0.15) is 6.54 Å². The zero-order valence-electron chi connectivity index (χ0n) is 12.1. The second-order valence-electron chi connectivity index (χ2n) is 5.76. The van der Waals surface area contributed by atoms with Crippen molar-refractivity contribution in [3.05, 3.63) is 66.0 Å². The molecule has 3 rings (SSSR count). The molecule has 0 atom stereocenters. The van der Waals surface area contributed by atoms with Crippen molar-refractivity contribution in [3.8, 4) is 0 Å². The quantitative estimate of drug-likeness (QED) is 0.694. The molecule has 102 valence electrons. The molecule has 0 aliphatic carbocycles. The van der Waals surface area contributed by atoms with Crippen molar-refractivity contribution in [2.45, 2.75) is 26.8 Å². The molecule has 0 radical (unpaired) electrons. The lowest BCUT2D eigenvalue weighted by atomic mass is 10.1. The van der Waals surface area contributed by atoms with Gasteiger partial charge >= 0.3 is 0 Å². The van der Waals surface area contributed by atoms with Crippen LogP contribution in [0.2, 0.25) is 0 Å². The normalized spacial score (nSPS) is 11.3. The molecular formula is C18H21N2+. The zero-order valence-corrected chi connectivity index (χ0v) is 12.1. The van der Waals surface area contributed by atoms with Crippen molar-refractivity contribution in [2.24, 2.45) is 5.92 Å². The highest BCUT2D eigenvalue weighted by Gasteiger charge is 2.19. The summed E-state index contributed by atoms with van der Waals surface area (Å²) in [6, 6.07) is 19.2. The van der Waals surface area contributed by atoms with E-state index in [1.54, 1.807) is 0 Å². The van der Waals surface area contributed by atoms with Gasteiger partial charge in [-0.1, -0.05) is 56.3 Å². The Morgan fingerprint density at radius 2 is 1.65 bits per heavy atom. The summed E-state index contributed by atoms with van der Waals surface area (Å²) < 4.78 is 2.41. The SMILES string of the molecule is CC(C)Cc1[nH]c2ccccc2[n+]1Cc1ccccc1. The third-order valence-electron chi connectivity index (χ3n) is 3.58. The molecule has 2 heteroatoms.